The first-order valence-corrected chi connectivity index (χ1v) is 11.6. The number of aromatic nitrogens is 2. The fourth-order valence-corrected chi connectivity index (χ4v) is 4.88. The molecular formula is C25H20N4O4S. The van der Waals surface area contributed by atoms with E-state index in [9.17, 15) is 13.2 Å². The smallest absolute Gasteiger partial charge is 0.358 e. The maximum absolute atomic E-state index is 13.4. The number of fused-ring (bicyclic) bond motifs is 1. The number of ether oxygens (including phenoxy) is 1. The average Bonchev–Trinajstić information content (AvgIpc) is 2.82. The molecule has 170 valence electrons. The lowest BCUT2D eigenvalue weighted by molar-refractivity contribution is 0.0595. The van der Waals surface area contributed by atoms with Crippen LogP contribution in [0.2, 0.25) is 0 Å². The summed E-state index contributed by atoms with van der Waals surface area (Å²) in [4.78, 5) is 20.1. The van der Waals surface area contributed by atoms with E-state index in [1.165, 1.54) is 19.4 Å². The zero-order chi connectivity index (χ0) is 24.3. The van der Waals surface area contributed by atoms with Crippen molar-refractivity contribution in [3.63, 3.8) is 0 Å². The number of nitrogen functional groups attached to an aromatic ring is 1. The summed E-state index contributed by atoms with van der Waals surface area (Å²) < 4.78 is 34.0. The monoisotopic (exact) mass is 472 g/mol. The van der Waals surface area contributed by atoms with E-state index in [-0.39, 0.29) is 16.3 Å². The second kappa shape index (κ2) is 9.21. The number of methoxy groups -OCH3 is 1. The molecule has 2 aromatic heterocycles. The van der Waals surface area contributed by atoms with E-state index in [1.807, 2.05) is 12.1 Å². The van der Waals surface area contributed by atoms with Crippen molar-refractivity contribution in [1.82, 2.24) is 9.97 Å². The van der Waals surface area contributed by atoms with Gasteiger partial charge in [0.15, 0.2) is 5.69 Å². The zero-order valence-electron chi connectivity index (χ0n) is 18.4. The first-order chi connectivity index (χ1) is 16.3. The largest absolute Gasteiger partial charge is 0.464 e. The minimum Gasteiger partial charge on any atom is -0.464 e. The van der Waals surface area contributed by atoms with Crippen molar-refractivity contribution in [2.45, 2.75) is 11.8 Å². The third-order valence-corrected chi connectivity index (χ3v) is 6.54. The van der Waals surface area contributed by atoms with Crippen LogP contribution in [0.3, 0.4) is 0 Å². The number of aryl methyl sites for hydroxylation is 1. The molecule has 34 heavy (non-hydrogen) atoms. The highest BCUT2D eigenvalue weighted by Gasteiger charge is 2.22. The number of esters is 1. The summed E-state index contributed by atoms with van der Waals surface area (Å²) in [5.41, 5.74) is 8.20. The fraction of sp³-hybridized carbons (Fsp3) is 0.0800. The molecule has 0 unspecified atom stereocenters. The van der Waals surface area contributed by atoms with Crippen LogP contribution in [0.5, 0.6) is 0 Å². The van der Waals surface area contributed by atoms with Gasteiger partial charge >= 0.3 is 5.97 Å². The molecule has 3 N–H and O–H groups in total. The number of carbonyl (C=O) groups is 1. The van der Waals surface area contributed by atoms with E-state index >= 15 is 0 Å². The molecule has 0 saturated carbocycles. The van der Waals surface area contributed by atoms with Gasteiger partial charge in [-0.1, -0.05) is 42.2 Å². The van der Waals surface area contributed by atoms with Crippen LogP contribution in [0.25, 0.3) is 10.9 Å². The van der Waals surface area contributed by atoms with Crippen molar-refractivity contribution < 1.29 is 17.9 Å². The van der Waals surface area contributed by atoms with Gasteiger partial charge in [0.1, 0.15) is 4.90 Å². The Hall–Kier alpha value is -4.42. The van der Waals surface area contributed by atoms with Gasteiger partial charge < -0.3 is 10.5 Å². The molecule has 9 heteroatoms. The zero-order valence-corrected chi connectivity index (χ0v) is 19.2. The van der Waals surface area contributed by atoms with Gasteiger partial charge in [-0.25, -0.2) is 18.2 Å². The lowest BCUT2D eigenvalue weighted by Crippen LogP contribution is -2.16. The second-order valence-electron chi connectivity index (χ2n) is 7.34. The Morgan fingerprint density at radius 3 is 2.62 bits per heavy atom. The highest BCUT2D eigenvalue weighted by molar-refractivity contribution is 7.93. The first-order valence-electron chi connectivity index (χ1n) is 10.1. The Bertz CT molecular complexity index is 1590. The van der Waals surface area contributed by atoms with Gasteiger partial charge in [0.05, 0.1) is 24.0 Å². The molecule has 4 aromatic rings. The van der Waals surface area contributed by atoms with Gasteiger partial charge in [-0.3, -0.25) is 9.71 Å². The third kappa shape index (κ3) is 4.53. The van der Waals surface area contributed by atoms with Gasteiger partial charge in [-0.05, 0) is 36.8 Å². The van der Waals surface area contributed by atoms with Crippen molar-refractivity contribution in [3.8, 4) is 11.8 Å². The number of nitrogens with two attached hydrogens (primary N) is 1. The predicted octanol–water partition coefficient (Wildman–Crippen LogP) is 3.51. The number of nitrogens with one attached hydrogen (secondary N) is 1. The van der Waals surface area contributed by atoms with Crippen molar-refractivity contribution in [2.24, 2.45) is 0 Å². The normalized spacial score (nSPS) is 10.9. The van der Waals surface area contributed by atoms with Crippen LogP contribution in [0, 0.1) is 18.8 Å². The molecule has 2 aromatic carbocycles. The number of hydrogen-bond acceptors (Lipinski definition) is 7. The molecule has 4 rings (SSSR count). The first kappa shape index (κ1) is 22.8. The maximum atomic E-state index is 13.4. The van der Waals surface area contributed by atoms with Crippen LogP contribution in [0.15, 0.2) is 71.9 Å². The highest BCUT2D eigenvalue weighted by Crippen LogP contribution is 2.27. The van der Waals surface area contributed by atoms with E-state index in [0.717, 1.165) is 5.39 Å². The minimum atomic E-state index is -3.96. The third-order valence-electron chi connectivity index (χ3n) is 5.00. The quantitative estimate of drug-likeness (QED) is 0.344. The Balaban J connectivity index is 1.70. The standard InChI is InChI=1S/C25H20N4O4S/c1-16-9-11-19-7-5-13-27-22(19)24(16)34(31,32)29-21-8-4-3-6-18(21)12-10-17-14-20(26)23(28-15-17)25(30)33-2/h3-9,11,13-15,29H,26H2,1-2H3. The number of carbonyl (C=O) groups excluding carboxylic acids is 1. The maximum Gasteiger partial charge on any atom is 0.358 e. The molecule has 0 aliphatic heterocycles. The van der Waals surface area contributed by atoms with Crippen LogP contribution in [0.4, 0.5) is 11.4 Å². The lowest BCUT2D eigenvalue weighted by Gasteiger charge is -2.13. The Morgan fingerprint density at radius 1 is 1.06 bits per heavy atom. The number of sulfonamides is 1. The number of hydrogen-bond donors (Lipinski definition) is 2. The Labute approximate surface area is 196 Å². The number of nitrogens with zero attached hydrogens (tertiary/aromatic N) is 2. The predicted molar refractivity (Wildman–Crippen MR) is 130 cm³/mol. The molecule has 0 aliphatic rings. The number of pyridine rings is 2. The SMILES string of the molecule is COC(=O)c1ncc(C#Cc2ccccc2NS(=O)(=O)c2c(C)ccc3cccnc23)cc1N. The lowest BCUT2D eigenvalue weighted by atomic mass is 10.1. The van der Waals surface area contributed by atoms with Gasteiger partial charge in [0.2, 0.25) is 0 Å². The summed E-state index contributed by atoms with van der Waals surface area (Å²) in [5, 5.41) is 0.724. The van der Waals surface area contributed by atoms with Gasteiger partial charge in [0, 0.05) is 28.9 Å². The van der Waals surface area contributed by atoms with Crippen LogP contribution < -0.4 is 10.5 Å². The van der Waals surface area contributed by atoms with Crippen LogP contribution in [-0.2, 0) is 14.8 Å². The topological polar surface area (TPSA) is 124 Å². The summed E-state index contributed by atoms with van der Waals surface area (Å²) in [5.74, 6) is 5.20. The number of benzene rings is 2. The molecule has 0 bridgehead atoms. The molecule has 0 aliphatic carbocycles. The Morgan fingerprint density at radius 2 is 1.85 bits per heavy atom. The molecule has 0 atom stereocenters. The van der Waals surface area contributed by atoms with Gasteiger partial charge in [0.25, 0.3) is 10.0 Å². The van der Waals surface area contributed by atoms with E-state index in [2.05, 4.69) is 31.3 Å². The van der Waals surface area contributed by atoms with Crippen molar-refractivity contribution in [2.75, 3.05) is 17.6 Å². The molecular weight excluding hydrogens is 452 g/mol. The Kier molecular flexibility index (Phi) is 6.17. The summed E-state index contributed by atoms with van der Waals surface area (Å²) in [6.07, 6.45) is 2.96. The van der Waals surface area contributed by atoms with E-state index < -0.39 is 16.0 Å². The van der Waals surface area contributed by atoms with Gasteiger partial charge in [-0.2, -0.15) is 0 Å². The van der Waals surface area contributed by atoms with Crippen molar-refractivity contribution in [3.05, 3.63) is 89.4 Å². The molecule has 0 radical (unpaired) electrons. The molecule has 0 fully saturated rings. The average molecular weight is 473 g/mol. The minimum absolute atomic E-state index is 0.000257. The van der Waals surface area contributed by atoms with Crippen molar-refractivity contribution in [1.29, 1.82) is 0 Å². The number of para-hydroxylation sites is 1. The van der Waals surface area contributed by atoms with Crippen LogP contribution in [0.1, 0.15) is 27.2 Å². The molecule has 2 heterocycles. The highest BCUT2D eigenvalue weighted by atomic mass is 32.2. The summed E-state index contributed by atoms with van der Waals surface area (Å²) in [6.45, 7) is 1.73. The number of rotatable bonds is 4. The summed E-state index contributed by atoms with van der Waals surface area (Å²) >= 11 is 0. The van der Waals surface area contributed by atoms with E-state index in [1.54, 1.807) is 49.5 Å². The number of anilines is 2. The van der Waals surface area contributed by atoms with Crippen molar-refractivity contribution >= 4 is 38.3 Å². The van der Waals surface area contributed by atoms with Crippen LogP contribution in [-0.4, -0.2) is 31.5 Å². The van der Waals surface area contributed by atoms with E-state index in [4.69, 9.17) is 5.73 Å². The summed E-state index contributed by atoms with van der Waals surface area (Å²) in [6, 6.07) is 15.4. The van der Waals surface area contributed by atoms with Gasteiger partial charge in [-0.15, -0.1) is 0 Å². The second-order valence-corrected chi connectivity index (χ2v) is 8.96. The fourth-order valence-electron chi connectivity index (χ4n) is 3.39. The molecule has 0 saturated heterocycles. The summed E-state index contributed by atoms with van der Waals surface area (Å²) in [7, 11) is -2.72. The molecule has 0 amide bonds. The molecule has 0 spiro atoms. The molecule has 8 nitrogen and oxygen atoms in total. The van der Waals surface area contributed by atoms with E-state index in [0.29, 0.717) is 27.9 Å². The van der Waals surface area contributed by atoms with Crippen LogP contribution >= 0.6 is 0 Å².